The van der Waals surface area contributed by atoms with Crippen molar-refractivity contribution >= 4 is 17.5 Å². The molecular weight excluding hydrogens is 314 g/mol. The van der Waals surface area contributed by atoms with Crippen molar-refractivity contribution in [2.45, 2.75) is 45.1 Å². The van der Waals surface area contributed by atoms with Crippen LogP contribution < -0.4 is 4.90 Å². The molecule has 134 valence electrons. The van der Waals surface area contributed by atoms with Gasteiger partial charge in [0.1, 0.15) is 6.54 Å². The predicted molar refractivity (Wildman–Crippen MR) is 97.4 cm³/mol. The quantitative estimate of drug-likeness (QED) is 0.843. The van der Waals surface area contributed by atoms with E-state index in [1.807, 2.05) is 4.90 Å². The van der Waals surface area contributed by atoms with E-state index in [1.165, 1.54) is 37.1 Å². The molecule has 0 bridgehead atoms. The summed E-state index contributed by atoms with van der Waals surface area (Å²) < 4.78 is 0. The third-order valence-electron chi connectivity index (χ3n) is 5.77. The molecule has 2 saturated heterocycles. The Bertz CT molecular complexity index is 667. The number of carbonyl (C=O) groups excluding carboxylic acids is 2. The van der Waals surface area contributed by atoms with Crippen LogP contribution in [-0.2, 0) is 22.6 Å². The summed E-state index contributed by atoms with van der Waals surface area (Å²) in [6.45, 7) is 5.06. The van der Waals surface area contributed by atoms with Crippen LogP contribution in [0.15, 0.2) is 18.2 Å². The van der Waals surface area contributed by atoms with E-state index in [0.29, 0.717) is 6.42 Å². The standard InChI is InChI=1S/C20H27N3O2/c24-19-8-1-2-12-22(19)15-20(25)23-13-9-17-16(6-5-7-18(17)23)14-21-10-3-4-11-21/h5-7H,1-4,8-15H2. The van der Waals surface area contributed by atoms with E-state index in [1.54, 1.807) is 4.90 Å². The van der Waals surface area contributed by atoms with Crippen molar-refractivity contribution in [3.05, 3.63) is 29.3 Å². The molecule has 3 aliphatic rings. The molecule has 0 saturated carbocycles. The highest BCUT2D eigenvalue weighted by molar-refractivity contribution is 5.98. The van der Waals surface area contributed by atoms with E-state index < -0.39 is 0 Å². The Labute approximate surface area is 149 Å². The first kappa shape index (κ1) is 16.6. The molecule has 5 nitrogen and oxygen atoms in total. The van der Waals surface area contributed by atoms with Gasteiger partial charge < -0.3 is 9.80 Å². The lowest BCUT2D eigenvalue weighted by molar-refractivity contribution is -0.137. The molecule has 0 N–H and O–H groups in total. The van der Waals surface area contributed by atoms with Gasteiger partial charge in [-0.05, 0) is 62.4 Å². The molecule has 1 aromatic rings. The fourth-order valence-corrected chi connectivity index (χ4v) is 4.37. The third kappa shape index (κ3) is 3.43. The van der Waals surface area contributed by atoms with Gasteiger partial charge in [0.15, 0.2) is 0 Å². The van der Waals surface area contributed by atoms with Gasteiger partial charge in [0, 0.05) is 31.7 Å². The third-order valence-corrected chi connectivity index (χ3v) is 5.77. The largest absolute Gasteiger partial charge is 0.333 e. The molecule has 4 rings (SSSR count). The maximum absolute atomic E-state index is 12.8. The first-order valence-electron chi connectivity index (χ1n) is 9.63. The first-order valence-corrected chi connectivity index (χ1v) is 9.63. The van der Waals surface area contributed by atoms with Gasteiger partial charge in [0.2, 0.25) is 11.8 Å². The number of rotatable bonds is 4. The van der Waals surface area contributed by atoms with Crippen LogP contribution in [-0.4, -0.2) is 54.3 Å². The van der Waals surface area contributed by atoms with Crippen molar-refractivity contribution in [2.24, 2.45) is 0 Å². The van der Waals surface area contributed by atoms with E-state index in [4.69, 9.17) is 0 Å². The van der Waals surface area contributed by atoms with Gasteiger partial charge >= 0.3 is 0 Å². The number of hydrogen-bond donors (Lipinski definition) is 0. The number of amides is 2. The molecule has 1 aromatic carbocycles. The van der Waals surface area contributed by atoms with Gasteiger partial charge in [-0.25, -0.2) is 0 Å². The second-order valence-electron chi connectivity index (χ2n) is 7.47. The monoisotopic (exact) mass is 341 g/mol. The minimum Gasteiger partial charge on any atom is -0.333 e. The summed E-state index contributed by atoms with van der Waals surface area (Å²) in [5.41, 5.74) is 3.75. The minimum atomic E-state index is 0.0623. The molecule has 25 heavy (non-hydrogen) atoms. The summed E-state index contributed by atoms with van der Waals surface area (Å²) in [5.74, 6) is 0.189. The topological polar surface area (TPSA) is 43.9 Å². The van der Waals surface area contributed by atoms with Gasteiger partial charge in [-0.3, -0.25) is 14.5 Å². The highest BCUT2D eigenvalue weighted by atomic mass is 16.2. The van der Waals surface area contributed by atoms with Crippen molar-refractivity contribution in [1.82, 2.24) is 9.80 Å². The Hall–Kier alpha value is -1.88. The summed E-state index contributed by atoms with van der Waals surface area (Å²) in [7, 11) is 0. The SMILES string of the molecule is O=C1CCCCN1CC(=O)N1CCc2c(CN3CCCC3)cccc21. The maximum atomic E-state index is 12.8. The van der Waals surface area contributed by atoms with Crippen molar-refractivity contribution in [1.29, 1.82) is 0 Å². The molecule has 0 atom stereocenters. The highest BCUT2D eigenvalue weighted by Gasteiger charge is 2.29. The number of piperidine rings is 1. The summed E-state index contributed by atoms with van der Waals surface area (Å²) in [5, 5.41) is 0. The summed E-state index contributed by atoms with van der Waals surface area (Å²) in [6, 6.07) is 6.34. The highest BCUT2D eigenvalue weighted by Crippen LogP contribution is 2.32. The number of nitrogens with zero attached hydrogens (tertiary/aromatic N) is 3. The number of likely N-dealkylation sites (tertiary alicyclic amines) is 2. The van der Waals surface area contributed by atoms with Gasteiger partial charge in [-0.15, -0.1) is 0 Å². The molecule has 0 aliphatic carbocycles. The van der Waals surface area contributed by atoms with E-state index >= 15 is 0 Å². The zero-order chi connectivity index (χ0) is 17.2. The molecule has 0 radical (unpaired) electrons. The smallest absolute Gasteiger partial charge is 0.246 e. The van der Waals surface area contributed by atoms with Gasteiger partial charge in [0.25, 0.3) is 0 Å². The zero-order valence-electron chi connectivity index (χ0n) is 14.9. The minimum absolute atomic E-state index is 0.0623. The molecule has 0 unspecified atom stereocenters. The second kappa shape index (κ2) is 7.16. The lowest BCUT2D eigenvalue weighted by atomic mass is 10.0. The molecule has 5 heteroatoms. The lowest BCUT2D eigenvalue weighted by Crippen LogP contribution is -2.44. The summed E-state index contributed by atoms with van der Waals surface area (Å²) in [6.07, 6.45) is 6.07. The van der Waals surface area contributed by atoms with E-state index in [2.05, 4.69) is 23.1 Å². The van der Waals surface area contributed by atoms with Crippen LogP contribution in [0.5, 0.6) is 0 Å². The second-order valence-corrected chi connectivity index (χ2v) is 7.47. The fourth-order valence-electron chi connectivity index (χ4n) is 4.37. The van der Waals surface area contributed by atoms with E-state index in [9.17, 15) is 9.59 Å². The average molecular weight is 341 g/mol. The average Bonchev–Trinajstić information content (AvgIpc) is 3.27. The molecule has 2 fully saturated rings. The molecule has 3 heterocycles. The van der Waals surface area contributed by atoms with Crippen molar-refractivity contribution < 1.29 is 9.59 Å². The van der Waals surface area contributed by atoms with Crippen molar-refractivity contribution in [2.75, 3.05) is 37.6 Å². The number of benzene rings is 1. The molecular formula is C20H27N3O2. The van der Waals surface area contributed by atoms with Crippen LogP contribution in [0.2, 0.25) is 0 Å². The first-order chi connectivity index (χ1) is 12.2. The fraction of sp³-hybridized carbons (Fsp3) is 0.600. The number of carbonyl (C=O) groups is 2. The van der Waals surface area contributed by atoms with Crippen LogP contribution in [0.4, 0.5) is 5.69 Å². The number of hydrogen-bond acceptors (Lipinski definition) is 3. The predicted octanol–water partition coefficient (Wildman–Crippen LogP) is 2.18. The van der Waals surface area contributed by atoms with Crippen molar-refractivity contribution in [3.8, 4) is 0 Å². The van der Waals surface area contributed by atoms with Crippen LogP contribution >= 0.6 is 0 Å². The van der Waals surface area contributed by atoms with Crippen LogP contribution in [0.1, 0.15) is 43.2 Å². The van der Waals surface area contributed by atoms with Gasteiger partial charge in [-0.2, -0.15) is 0 Å². The van der Waals surface area contributed by atoms with E-state index in [-0.39, 0.29) is 18.4 Å². The van der Waals surface area contributed by atoms with E-state index in [0.717, 1.165) is 44.6 Å². The number of fused-ring (bicyclic) bond motifs is 1. The number of anilines is 1. The Morgan fingerprint density at radius 2 is 1.76 bits per heavy atom. The van der Waals surface area contributed by atoms with Crippen LogP contribution in [0.3, 0.4) is 0 Å². The lowest BCUT2D eigenvalue weighted by Gasteiger charge is -2.28. The van der Waals surface area contributed by atoms with Gasteiger partial charge in [0.05, 0.1) is 0 Å². The Kier molecular flexibility index (Phi) is 4.75. The molecule has 2 amide bonds. The molecule has 0 spiro atoms. The van der Waals surface area contributed by atoms with Crippen LogP contribution in [0, 0.1) is 0 Å². The van der Waals surface area contributed by atoms with Crippen molar-refractivity contribution in [3.63, 3.8) is 0 Å². The normalized spacial score (nSPS) is 21.0. The maximum Gasteiger partial charge on any atom is 0.246 e. The molecule has 3 aliphatic heterocycles. The summed E-state index contributed by atoms with van der Waals surface area (Å²) >= 11 is 0. The Morgan fingerprint density at radius 3 is 2.56 bits per heavy atom. The Balaban J connectivity index is 1.47. The van der Waals surface area contributed by atoms with Crippen LogP contribution in [0.25, 0.3) is 0 Å². The molecule has 0 aromatic heterocycles. The Morgan fingerprint density at radius 1 is 0.960 bits per heavy atom. The zero-order valence-corrected chi connectivity index (χ0v) is 14.9. The van der Waals surface area contributed by atoms with Gasteiger partial charge in [-0.1, -0.05) is 12.1 Å². The summed E-state index contributed by atoms with van der Waals surface area (Å²) in [4.78, 5) is 30.9.